The maximum atomic E-state index is 12.0. The predicted molar refractivity (Wildman–Crippen MR) is 96.0 cm³/mol. The van der Waals surface area contributed by atoms with E-state index in [0.717, 1.165) is 29.9 Å². The average molecular weight is 360 g/mol. The van der Waals surface area contributed by atoms with Gasteiger partial charge in [0.2, 0.25) is 0 Å². The number of ether oxygens (including phenoxy) is 2. The number of aliphatic imine (C=N–C) groups is 1. The number of hydrogen-bond donors (Lipinski definition) is 1. The molecule has 1 aliphatic rings. The van der Waals surface area contributed by atoms with Crippen molar-refractivity contribution in [1.82, 2.24) is 4.72 Å². The molecule has 2 aromatic carbocycles. The first kappa shape index (κ1) is 17.3. The van der Waals surface area contributed by atoms with E-state index in [2.05, 4.69) is 9.71 Å². The number of nitrogens with one attached hydrogen (secondary N) is 1. The Bertz CT molecular complexity index is 907. The van der Waals surface area contributed by atoms with Crippen molar-refractivity contribution in [1.29, 1.82) is 0 Å². The van der Waals surface area contributed by atoms with Gasteiger partial charge in [-0.05, 0) is 48.7 Å². The average Bonchev–Trinajstić information content (AvgIpc) is 2.89. The van der Waals surface area contributed by atoms with E-state index in [4.69, 9.17) is 9.47 Å². The molecule has 132 valence electrons. The van der Waals surface area contributed by atoms with Gasteiger partial charge < -0.3 is 9.47 Å². The minimum absolute atomic E-state index is 0.281. The molecule has 0 aromatic heterocycles. The van der Waals surface area contributed by atoms with E-state index in [1.54, 1.807) is 38.5 Å². The second kappa shape index (κ2) is 7.14. The number of aryl methyl sites for hydroxylation is 1. The van der Waals surface area contributed by atoms with Crippen molar-refractivity contribution in [3.05, 3.63) is 53.6 Å². The van der Waals surface area contributed by atoms with Gasteiger partial charge in [-0.15, -0.1) is 0 Å². The molecule has 0 atom stereocenters. The lowest BCUT2D eigenvalue weighted by molar-refractivity contribution is 0.398. The van der Waals surface area contributed by atoms with Crippen molar-refractivity contribution in [2.75, 3.05) is 20.8 Å². The lowest BCUT2D eigenvalue weighted by Crippen LogP contribution is -2.22. The summed E-state index contributed by atoms with van der Waals surface area (Å²) in [5, 5.41) is 0. The Morgan fingerprint density at radius 1 is 1.08 bits per heavy atom. The van der Waals surface area contributed by atoms with E-state index in [9.17, 15) is 8.42 Å². The SMILES string of the molecule is COc1ccc(OC)c(CCCN=C2NS(=O)(=O)c3ccccc32)c1. The van der Waals surface area contributed by atoms with Crippen LogP contribution in [0.2, 0.25) is 0 Å². The molecule has 0 bridgehead atoms. The largest absolute Gasteiger partial charge is 0.497 e. The fourth-order valence-corrected chi connectivity index (χ4v) is 4.04. The van der Waals surface area contributed by atoms with Crippen LogP contribution in [-0.2, 0) is 16.4 Å². The summed E-state index contributed by atoms with van der Waals surface area (Å²) in [5.41, 5.74) is 1.66. The highest BCUT2D eigenvalue weighted by molar-refractivity contribution is 7.90. The summed E-state index contributed by atoms with van der Waals surface area (Å²) in [6.07, 6.45) is 1.52. The van der Waals surface area contributed by atoms with Crippen LogP contribution in [0.5, 0.6) is 11.5 Å². The second-order valence-electron chi connectivity index (χ2n) is 5.61. The molecule has 0 aliphatic carbocycles. The highest BCUT2D eigenvalue weighted by atomic mass is 32.2. The third-order valence-electron chi connectivity index (χ3n) is 4.02. The third-order valence-corrected chi connectivity index (χ3v) is 5.42. The number of benzene rings is 2. The molecule has 1 N–H and O–H groups in total. The molecule has 2 aromatic rings. The zero-order valence-corrected chi connectivity index (χ0v) is 15.0. The quantitative estimate of drug-likeness (QED) is 0.803. The molecular formula is C18H20N2O4S. The summed E-state index contributed by atoms with van der Waals surface area (Å²) in [4.78, 5) is 4.71. The van der Waals surface area contributed by atoms with E-state index in [-0.39, 0.29) is 4.90 Å². The van der Waals surface area contributed by atoms with Crippen molar-refractivity contribution in [3.8, 4) is 11.5 Å². The number of sulfonamides is 1. The van der Waals surface area contributed by atoms with Gasteiger partial charge in [-0.1, -0.05) is 12.1 Å². The van der Waals surface area contributed by atoms with Gasteiger partial charge in [-0.3, -0.25) is 9.71 Å². The molecule has 0 fully saturated rings. The van der Waals surface area contributed by atoms with Crippen LogP contribution in [0.3, 0.4) is 0 Å². The summed E-state index contributed by atoms with van der Waals surface area (Å²) in [6, 6.07) is 12.5. The number of fused-ring (bicyclic) bond motifs is 1. The van der Waals surface area contributed by atoms with Gasteiger partial charge >= 0.3 is 0 Å². The van der Waals surface area contributed by atoms with Crippen LogP contribution in [0.25, 0.3) is 0 Å². The van der Waals surface area contributed by atoms with Crippen LogP contribution in [0, 0.1) is 0 Å². The van der Waals surface area contributed by atoms with Gasteiger partial charge in [-0.2, -0.15) is 0 Å². The molecule has 3 rings (SSSR count). The Kier molecular flexibility index (Phi) is 4.94. The molecule has 1 heterocycles. The van der Waals surface area contributed by atoms with Crippen LogP contribution in [-0.4, -0.2) is 35.0 Å². The molecule has 1 aliphatic heterocycles. The van der Waals surface area contributed by atoms with Crippen molar-refractivity contribution >= 4 is 15.9 Å². The highest BCUT2D eigenvalue weighted by Crippen LogP contribution is 2.25. The fourth-order valence-electron chi connectivity index (χ4n) is 2.79. The number of amidine groups is 1. The van der Waals surface area contributed by atoms with Crippen LogP contribution in [0.4, 0.5) is 0 Å². The van der Waals surface area contributed by atoms with Crippen molar-refractivity contribution in [2.45, 2.75) is 17.7 Å². The smallest absolute Gasteiger partial charge is 0.263 e. The second-order valence-corrected chi connectivity index (χ2v) is 7.26. The van der Waals surface area contributed by atoms with Crippen molar-refractivity contribution in [3.63, 3.8) is 0 Å². The van der Waals surface area contributed by atoms with Gasteiger partial charge in [0, 0.05) is 12.1 Å². The standard InChI is InChI=1S/C18H20N2O4S/c1-23-14-9-10-16(24-2)13(12-14)6-5-11-19-18-15-7-3-4-8-17(15)25(21,22)20-18/h3-4,7-10,12H,5-6,11H2,1-2H3,(H,19,20). The van der Waals surface area contributed by atoms with Gasteiger partial charge in [-0.25, -0.2) is 8.42 Å². The Hall–Kier alpha value is -2.54. The van der Waals surface area contributed by atoms with Crippen LogP contribution < -0.4 is 14.2 Å². The molecular weight excluding hydrogens is 340 g/mol. The normalized spacial score (nSPS) is 16.3. The summed E-state index contributed by atoms with van der Waals surface area (Å²) < 4.78 is 37.2. The number of nitrogens with zero attached hydrogens (tertiary/aromatic N) is 1. The Morgan fingerprint density at radius 2 is 1.88 bits per heavy atom. The lowest BCUT2D eigenvalue weighted by atomic mass is 10.1. The zero-order valence-electron chi connectivity index (χ0n) is 14.2. The molecule has 25 heavy (non-hydrogen) atoms. The Labute approximate surface area is 147 Å². The van der Waals surface area contributed by atoms with Crippen LogP contribution >= 0.6 is 0 Å². The van der Waals surface area contributed by atoms with Gasteiger partial charge in [0.15, 0.2) is 0 Å². The molecule has 0 amide bonds. The molecule has 0 saturated carbocycles. The first-order chi connectivity index (χ1) is 12.0. The number of methoxy groups -OCH3 is 2. The Balaban J connectivity index is 1.69. The van der Waals surface area contributed by atoms with Crippen LogP contribution in [0.1, 0.15) is 17.5 Å². The highest BCUT2D eigenvalue weighted by Gasteiger charge is 2.29. The molecule has 0 saturated heterocycles. The Morgan fingerprint density at radius 3 is 2.64 bits per heavy atom. The first-order valence-corrected chi connectivity index (χ1v) is 9.41. The maximum Gasteiger partial charge on any atom is 0.263 e. The molecule has 0 unspecified atom stereocenters. The van der Waals surface area contributed by atoms with E-state index in [1.165, 1.54) is 0 Å². The summed E-state index contributed by atoms with van der Waals surface area (Å²) in [6.45, 7) is 0.506. The lowest BCUT2D eigenvalue weighted by Gasteiger charge is -2.10. The third kappa shape index (κ3) is 3.61. The first-order valence-electron chi connectivity index (χ1n) is 7.93. The summed E-state index contributed by atoms with van der Waals surface area (Å²) in [7, 11) is -0.220. The predicted octanol–water partition coefficient (Wildman–Crippen LogP) is 2.38. The molecule has 0 spiro atoms. The molecule has 7 heteroatoms. The van der Waals surface area contributed by atoms with Crippen LogP contribution in [0.15, 0.2) is 52.4 Å². The summed E-state index contributed by atoms with van der Waals surface area (Å²) >= 11 is 0. The van der Waals surface area contributed by atoms with Crippen molar-refractivity contribution < 1.29 is 17.9 Å². The van der Waals surface area contributed by atoms with E-state index in [1.807, 2.05) is 18.2 Å². The van der Waals surface area contributed by atoms with E-state index >= 15 is 0 Å². The minimum atomic E-state index is -3.48. The fraction of sp³-hybridized carbons (Fsp3) is 0.278. The van der Waals surface area contributed by atoms with Gasteiger partial charge in [0.25, 0.3) is 10.0 Å². The number of rotatable bonds is 6. The zero-order chi connectivity index (χ0) is 17.9. The molecule has 0 radical (unpaired) electrons. The monoisotopic (exact) mass is 360 g/mol. The summed E-state index contributed by atoms with van der Waals surface area (Å²) in [5.74, 6) is 1.99. The van der Waals surface area contributed by atoms with Gasteiger partial charge in [0.05, 0.1) is 19.1 Å². The van der Waals surface area contributed by atoms with E-state index in [0.29, 0.717) is 17.9 Å². The number of hydrogen-bond acceptors (Lipinski definition) is 5. The minimum Gasteiger partial charge on any atom is -0.497 e. The maximum absolute atomic E-state index is 12.0. The van der Waals surface area contributed by atoms with Crippen molar-refractivity contribution in [2.24, 2.45) is 4.99 Å². The topological polar surface area (TPSA) is 77.0 Å². The van der Waals surface area contributed by atoms with Gasteiger partial charge in [0.1, 0.15) is 17.3 Å². The van der Waals surface area contributed by atoms with E-state index < -0.39 is 10.0 Å². The molecule has 6 nitrogen and oxygen atoms in total.